The summed E-state index contributed by atoms with van der Waals surface area (Å²) in [4.78, 5) is 37.7. The molecule has 1 saturated carbocycles. The van der Waals surface area contributed by atoms with E-state index in [0.717, 1.165) is 35.5 Å². The number of carbonyl (C=O) groups is 2. The van der Waals surface area contributed by atoms with Crippen molar-refractivity contribution < 1.29 is 18.4 Å². The maximum Gasteiger partial charge on any atom is 0.228 e. The van der Waals surface area contributed by atoms with Crippen LogP contribution < -0.4 is 15.5 Å². The minimum Gasteiger partial charge on any atom is -0.376 e. The lowest BCUT2D eigenvalue weighted by Gasteiger charge is -2.50. The zero-order chi connectivity index (χ0) is 26.8. The van der Waals surface area contributed by atoms with E-state index in [1.165, 1.54) is 17.1 Å². The van der Waals surface area contributed by atoms with Crippen LogP contribution in [0.1, 0.15) is 46.3 Å². The smallest absolute Gasteiger partial charge is 0.228 e. The Labute approximate surface area is 206 Å². The SMILES string of the molecule is [2H]C([2H])([2H])CC(=O)c1cnc(NC(=O)C2CC2)cc1Nc1nccc2c1N(C)C1(COC1)c1nn(C)nc1-2. The molecule has 6 rings (SSSR count). The summed E-state index contributed by atoms with van der Waals surface area (Å²) in [6.07, 6.45) is 3.92. The summed E-state index contributed by atoms with van der Waals surface area (Å²) >= 11 is 0. The molecule has 180 valence electrons. The number of hydrogen-bond acceptors (Lipinski definition) is 9. The first kappa shape index (κ1) is 18.5. The number of ketones is 1. The molecule has 2 fully saturated rings. The highest BCUT2D eigenvalue weighted by atomic mass is 16.5. The Kier molecular flexibility index (Phi) is 4.14. The van der Waals surface area contributed by atoms with Crippen LogP contribution in [0.25, 0.3) is 11.3 Å². The van der Waals surface area contributed by atoms with Gasteiger partial charge in [-0.15, -0.1) is 0 Å². The number of fused-ring (bicyclic) bond motifs is 4. The van der Waals surface area contributed by atoms with Gasteiger partial charge in [-0.1, -0.05) is 6.85 Å². The standard InChI is InChI=1S/C24H26N8O3/c1-4-17(33)15-10-26-18(28-23(34)13-5-6-13)9-16(15)27-22-20-14(7-8-25-22)19-21(30-32(3)29-19)24(31(20)2)11-35-12-24/h7-10,13H,4-6,11-12H2,1-3H3,(H2,25,26,27,28,34)/i1D3. The molecule has 35 heavy (non-hydrogen) atoms. The summed E-state index contributed by atoms with van der Waals surface area (Å²) in [6, 6.07) is 3.39. The molecule has 11 nitrogen and oxygen atoms in total. The average Bonchev–Trinajstić information content (AvgIpc) is 3.59. The predicted octanol–water partition coefficient (Wildman–Crippen LogP) is 2.63. The van der Waals surface area contributed by atoms with Gasteiger partial charge in [-0.05, 0) is 18.9 Å². The number of pyridine rings is 2. The maximum absolute atomic E-state index is 13.0. The number of aromatic nitrogens is 5. The van der Waals surface area contributed by atoms with Crippen molar-refractivity contribution in [3.63, 3.8) is 0 Å². The van der Waals surface area contributed by atoms with Crippen LogP contribution in [0, 0.1) is 5.92 Å². The van der Waals surface area contributed by atoms with Gasteiger partial charge in [0.2, 0.25) is 5.91 Å². The van der Waals surface area contributed by atoms with Crippen LogP contribution in [0.15, 0.2) is 24.5 Å². The van der Waals surface area contributed by atoms with E-state index in [-0.39, 0.29) is 23.2 Å². The highest BCUT2D eigenvalue weighted by Crippen LogP contribution is 2.51. The lowest BCUT2D eigenvalue weighted by molar-refractivity contribution is -0.117. The zero-order valence-electron chi connectivity index (χ0n) is 22.3. The number of aryl methyl sites for hydroxylation is 1. The second-order valence-corrected chi connectivity index (χ2v) is 9.13. The van der Waals surface area contributed by atoms with E-state index in [1.54, 1.807) is 13.2 Å². The quantitative estimate of drug-likeness (QED) is 0.515. The number of hydrogen-bond donors (Lipinski definition) is 2. The number of nitrogens with zero attached hydrogens (tertiary/aromatic N) is 6. The van der Waals surface area contributed by atoms with Crippen molar-refractivity contribution in [3.05, 3.63) is 35.8 Å². The van der Waals surface area contributed by atoms with E-state index in [9.17, 15) is 9.59 Å². The predicted molar refractivity (Wildman–Crippen MR) is 129 cm³/mol. The van der Waals surface area contributed by atoms with Gasteiger partial charge in [0, 0.05) is 54.6 Å². The van der Waals surface area contributed by atoms with Gasteiger partial charge in [0.05, 0.1) is 30.2 Å². The lowest BCUT2D eigenvalue weighted by Crippen LogP contribution is -2.60. The summed E-state index contributed by atoms with van der Waals surface area (Å²) in [5.74, 6) is -0.0850. The Hall–Kier alpha value is -3.86. The van der Waals surface area contributed by atoms with E-state index >= 15 is 0 Å². The first-order chi connectivity index (χ1) is 18.1. The topological polar surface area (TPSA) is 127 Å². The van der Waals surface area contributed by atoms with Gasteiger partial charge in [-0.3, -0.25) is 9.59 Å². The third-order valence-electron chi connectivity index (χ3n) is 6.81. The van der Waals surface area contributed by atoms with Crippen LogP contribution in [-0.2, 0) is 22.1 Å². The molecule has 3 aromatic rings. The molecule has 11 heteroatoms. The summed E-state index contributed by atoms with van der Waals surface area (Å²) in [5, 5.41) is 15.2. The number of likely N-dealkylation sites (N-methyl/N-ethyl adjacent to an activating group) is 1. The van der Waals surface area contributed by atoms with Crippen LogP contribution in [0.4, 0.5) is 23.0 Å². The molecule has 2 N–H and O–H groups in total. The largest absolute Gasteiger partial charge is 0.376 e. The molecule has 0 bridgehead atoms. The van der Waals surface area contributed by atoms with Crippen LogP contribution in [0.2, 0.25) is 0 Å². The molecular formula is C24H26N8O3. The zero-order valence-corrected chi connectivity index (χ0v) is 19.3. The first-order valence-corrected chi connectivity index (χ1v) is 11.4. The Morgan fingerprint density at radius 2 is 2.09 bits per heavy atom. The molecule has 0 atom stereocenters. The fourth-order valence-electron chi connectivity index (χ4n) is 4.62. The molecule has 2 aliphatic heterocycles. The Morgan fingerprint density at radius 1 is 1.26 bits per heavy atom. The van der Waals surface area contributed by atoms with Gasteiger partial charge in [-0.2, -0.15) is 15.0 Å². The van der Waals surface area contributed by atoms with Gasteiger partial charge in [0.15, 0.2) is 11.6 Å². The number of ether oxygens (including phenoxy) is 1. The van der Waals surface area contributed by atoms with E-state index in [0.29, 0.717) is 24.7 Å². The van der Waals surface area contributed by atoms with Crippen molar-refractivity contribution in [1.29, 1.82) is 0 Å². The molecule has 3 aromatic heterocycles. The summed E-state index contributed by atoms with van der Waals surface area (Å²) in [6.45, 7) is -1.59. The number of anilines is 4. The van der Waals surface area contributed by atoms with Crippen LogP contribution in [-0.4, -0.2) is 56.9 Å². The molecule has 1 aliphatic carbocycles. The average molecular weight is 478 g/mol. The minimum atomic E-state index is -2.45. The maximum atomic E-state index is 13.0. The molecule has 1 amide bonds. The molecular weight excluding hydrogens is 448 g/mol. The fourth-order valence-corrected chi connectivity index (χ4v) is 4.62. The van der Waals surface area contributed by atoms with E-state index in [4.69, 9.17) is 8.85 Å². The highest BCUT2D eigenvalue weighted by molar-refractivity contribution is 6.03. The number of rotatable bonds is 6. The minimum absolute atomic E-state index is 0.0383. The molecule has 0 aromatic carbocycles. The van der Waals surface area contributed by atoms with E-state index in [2.05, 4.69) is 35.7 Å². The summed E-state index contributed by atoms with van der Waals surface area (Å²) < 4.78 is 28.3. The third-order valence-corrected chi connectivity index (χ3v) is 6.81. The third kappa shape index (κ3) is 3.37. The van der Waals surface area contributed by atoms with Crippen molar-refractivity contribution in [3.8, 4) is 11.3 Å². The highest BCUT2D eigenvalue weighted by Gasteiger charge is 2.52. The Bertz CT molecular complexity index is 1460. The fraction of sp³-hybridized carbons (Fsp3) is 0.417. The number of amides is 1. The Morgan fingerprint density at radius 3 is 2.80 bits per heavy atom. The van der Waals surface area contributed by atoms with Gasteiger partial charge in [0.25, 0.3) is 0 Å². The van der Waals surface area contributed by atoms with E-state index in [1.807, 2.05) is 13.1 Å². The van der Waals surface area contributed by atoms with Crippen molar-refractivity contribution in [2.75, 3.05) is 35.8 Å². The summed E-state index contributed by atoms with van der Waals surface area (Å²) in [7, 11) is 3.70. The molecule has 5 heterocycles. The van der Waals surface area contributed by atoms with Gasteiger partial charge in [0.1, 0.15) is 22.7 Å². The van der Waals surface area contributed by atoms with Gasteiger partial charge >= 0.3 is 0 Å². The normalized spacial score (nSPS) is 19.0. The van der Waals surface area contributed by atoms with Gasteiger partial charge < -0.3 is 20.3 Å². The second-order valence-electron chi connectivity index (χ2n) is 9.13. The van der Waals surface area contributed by atoms with Crippen molar-refractivity contribution >= 4 is 34.7 Å². The monoisotopic (exact) mass is 477 g/mol. The lowest BCUT2D eigenvalue weighted by atomic mass is 9.83. The van der Waals surface area contributed by atoms with Gasteiger partial charge in [-0.25, -0.2) is 9.97 Å². The van der Waals surface area contributed by atoms with Crippen LogP contribution in [0.3, 0.4) is 0 Å². The van der Waals surface area contributed by atoms with Crippen molar-refractivity contribution in [1.82, 2.24) is 25.0 Å². The van der Waals surface area contributed by atoms with Crippen LogP contribution in [0.5, 0.6) is 0 Å². The summed E-state index contributed by atoms with van der Waals surface area (Å²) in [5.41, 5.74) is 2.94. The molecule has 1 spiro atoms. The Balaban J connectivity index is 1.43. The number of nitrogens with one attached hydrogen (secondary N) is 2. The van der Waals surface area contributed by atoms with Crippen molar-refractivity contribution in [2.45, 2.75) is 31.7 Å². The first-order valence-electron chi connectivity index (χ1n) is 12.9. The molecule has 1 saturated heterocycles. The van der Waals surface area contributed by atoms with Crippen molar-refractivity contribution in [2.24, 2.45) is 13.0 Å². The molecule has 0 radical (unpaired) electrons. The molecule has 0 unspecified atom stereocenters. The van der Waals surface area contributed by atoms with E-state index < -0.39 is 24.6 Å². The number of carbonyl (C=O) groups excluding carboxylic acids is 2. The second kappa shape index (κ2) is 7.84. The number of Topliss-reactive ketones (excluding diaryl/α,β-unsaturated/α-hetero) is 1. The van der Waals surface area contributed by atoms with Crippen LogP contribution >= 0.6 is 0 Å². The molecule has 3 aliphatic rings.